The van der Waals surface area contributed by atoms with Gasteiger partial charge >= 0.3 is 0 Å². The molecule has 0 aliphatic rings. The molecule has 0 radical (unpaired) electrons. The van der Waals surface area contributed by atoms with Gasteiger partial charge in [0.25, 0.3) is 5.91 Å². The van der Waals surface area contributed by atoms with Crippen molar-refractivity contribution in [1.29, 1.82) is 0 Å². The Hall–Kier alpha value is -2.42. The van der Waals surface area contributed by atoms with Gasteiger partial charge in [0.2, 0.25) is 0 Å². The third kappa shape index (κ3) is 3.19. The van der Waals surface area contributed by atoms with Crippen molar-refractivity contribution in [1.82, 2.24) is 15.2 Å². The monoisotopic (exact) mass is 420 g/mol. The number of benzene rings is 2. The smallest absolute Gasteiger partial charge is 0.292 e. The van der Waals surface area contributed by atoms with E-state index in [1.807, 2.05) is 52.9 Å². The average Bonchev–Trinajstić information content (AvgIpc) is 2.88. The fraction of sp³-hybridized carbons (Fsp3) is 0.0625. The minimum atomic E-state index is -0.397. The van der Waals surface area contributed by atoms with Crippen LogP contribution in [0, 0.1) is 3.57 Å². The lowest BCUT2D eigenvalue weighted by atomic mass is 10.0. The number of fused-ring (bicyclic) bond motifs is 1. The summed E-state index contributed by atoms with van der Waals surface area (Å²) in [4.78, 5) is 12.0. The number of hydrazone groups is 1. The third-order valence-corrected chi connectivity index (χ3v) is 4.10. The first-order valence-corrected chi connectivity index (χ1v) is 7.87. The van der Waals surface area contributed by atoms with E-state index >= 15 is 0 Å². The molecular formula is C16H13IN4O2. The molecule has 0 fully saturated rings. The van der Waals surface area contributed by atoms with Crippen LogP contribution in [-0.2, 0) is 7.05 Å². The molecular weight excluding hydrogens is 407 g/mol. The van der Waals surface area contributed by atoms with Gasteiger partial charge in [-0.1, -0.05) is 30.3 Å². The van der Waals surface area contributed by atoms with E-state index < -0.39 is 5.91 Å². The van der Waals surface area contributed by atoms with Gasteiger partial charge < -0.3 is 5.11 Å². The van der Waals surface area contributed by atoms with E-state index in [0.29, 0.717) is 11.3 Å². The number of hydrogen-bond acceptors (Lipinski definition) is 4. The number of carbonyl (C=O) groups excluding carboxylic acids is 1. The molecule has 0 spiro atoms. The predicted octanol–water partition coefficient (Wildman–Crippen LogP) is 2.65. The van der Waals surface area contributed by atoms with Crippen molar-refractivity contribution < 1.29 is 9.90 Å². The summed E-state index contributed by atoms with van der Waals surface area (Å²) in [6, 6.07) is 11.1. The van der Waals surface area contributed by atoms with Gasteiger partial charge in [0, 0.05) is 18.8 Å². The van der Waals surface area contributed by atoms with Crippen molar-refractivity contribution in [2.45, 2.75) is 0 Å². The van der Waals surface area contributed by atoms with Gasteiger partial charge in [-0.2, -0.15) is 10.2 Å². The molecule has 2 N–H and O–H groups in total. The molecule has 0 aliphatic carbocycles. The molecule has 2 aromatic carbocycles. The zero-order chi connectivity index (χ0) is 16.4. The number of phenolic OH excluding ortho intramolecular Hbond substituents is 1. The first-order chi connectivity index (χ1) is 11.1. The third-order valence-electron chi connectivity index (χ3n) is 3.31. The Kier molecular flexibility index (Phi) is 4.28. The van der Waals surface area contributed by atoms with Gasteiger partial charge in [0.05, 0.1) is 9.78 Å². The number of aromatic hydroxyl groups is 1. The molecule has 0 saturated heterocycles. The second-order valence-corrected chi connectivity index (χ2v) is 6.08. The fourth-order valence-corrected chi connectivity index (χ4v) is 3.00. The van der Waals surface area contributed by atoms with Crippen molar-refractivity contribution in [3.63, 3.8) is 0 Å². The topological polar surface area (TPSA) is 79.5 Å². The lowest BCUT2D eigenvalue weighted by molar-refractivity contribution is 0.0948. The van der Waals surface area contributed by atoms with E-state index in [-0.39, 0.29) is 5.75 Å². The van der Waals surface area contributed by atoms with Gasteiger partial charge in [0.15, 0.2) is 5.69 Å². The minimum Gasteiger partial charge on any atom is -0.507 e. The van der Waals surface area contributed by atoms with Crippen LogP contribution in [0.25, 0.3) is 10.8 Å². The maximum atomic E-state index is 12.0. The number of carbonyl (C=O) groups is 1. The van der Waals surface area contributed by atoms with Crippen molar-refractivity contribution in [2.24, 2.45) is 12.1 Å². The number of nitrogens with zero attached hydrogens (tertiary/aromatic N) is 3. The van der Waals surface area contributed by atoms with E-state index in [2.05, 4.69) is 15.6 Å². The number of nitrogens with one attached hydrogen (secondary N) is 1. The molecule has 6 nitrogen and oxygen atoms in total. The molecule has 1 aromatic heterocycles. The summed E-state index contributed by atoms with van der Waals surface area (Å²) in [5.41, 5.74) is 3.30. The predicted molar refractivity (Wildman–Crippen MR) is 96.6 cm³/mol. The summed E-state index contributed by atoms with van der Waals surface area (Å²) >= 11 is 2.04. The second kappa shape index (κ2) is 6.37. The molecule has 1 amide bonds. The number of amides is 1. The minimum absolute atomic E-state index is 0.106. The van der Waals surface area contributed by atoms with E-state index in [9.17, 15) is 9.90 Å². The van der Waals surface area contributed by atoms with Gasteiger partial charge in [-0.05, 0) is 39.4 Å². The Morgan fingerprint density at radius 1 is 1.35 bits per heavy atom. The molecule has 0 aliphatic heterocycles. The Morgan fingerprint density at radius 3 is 2.87 bits per heavy atom. The van der Waals surface area contributed by atoms with Crippen LogP contribution in [0.15, 0.2) is 47.7 Å². The van der Waals surface area contributed by atoms with Crippen LogP contribution >= 0.6 is 22.6 Å². The Balaban J connectivity index is 1.85. The highest BCUT2D eigenvalue weighted by molar-refractivity contribution is 14.1. The molecule has 0 atom stereocenters. The van der Waals surface area contributed by atoms with Crippen LogP contribution in [0.2, 0.25) is 0 Å². The number of rotatable bonds is 3. The summed E-state index contributed by atoms with van der Waals surface area (Å²) < 4.78 is 2.31. The van der Waals surface area contributed by atoms with Gasteiger partial charge in [-0.25, -0.2) is 5.43 Å². The van der Waals surface area contributed by atoms with Crippen LogP contribution in [0.1, 0.15) is 16.1 Å². The highest BCUT2D eigenvalue weighted by atomic mass is 127. The summed E-state index contributed by atoms with van der Waals surface area (Å²) in [6.45, 7) is 0. The highest BCUT2D eigenvalue weighted by Crippen LogP contribution is 2.25. The van der Waals surface area contributed by atoms with Crippen LogP contribution < -0.4 is 5.43 Å². The first-order valence-electron chi connectivity index (χ1n) is 6.79. The molecule has 7 heteroatoms. The average molecular weight is 420 g/mol. The normalized spacial score (nSPS) is 11.2. The number of halogens is 1. The number of hydrogen-bond donors (Lipinski definition) is 2. The van der Waals surface area contributed by atoms with Crippen LogP contribution in [0.5, 0.6) is 5.75 Å². The summed E-state index contributed by atoms with van der Waals surface area (Å²) in [5.74, 6) is -0.292. The number of aryl methyl sites for hydroxylation is 1. The van der Waals surface area contributed by atoms with Crippen molar-refractivity contribution in [2.75, 3.05) is 0 Å². The standard InChI is InChI=1S/C16H13IN4O2/c1-21-9-13(17)15(20-21)16(23)19-18-8-12-11-5-3-2-4-10(11)6-7-14(12)22/h2-9,22H,1H3,(H,19,23)/b18-8+. The Bertz CT molecular complexity index is 918. The summed E-state index contributed by atoms with van der Waals surface area (Å²) in [5, 5.41) is 19.9. The first kappa shape index (κ1) is 15.5. The van der Waals surface area contributed by atoms with E-state index in [0.717, 1.165) is 14.3 Å². The quantitative estimate of drug-likeness (QED) is 0.389. The van der Waals surface area contributed by atoms with E-state index in [4.69, 9.17) is 0 Å². The molecule has 0 saturated carbocycles. The summed E-state index contributed by atoms with van der Waals surface area (Å²) in [7, 11) is 1.75. The zero-order valence-corrected chi connectivity index (χ0v) is 14.4. The molecule has 23 heavy (non-hydrogen) atoms. The van der Waals surface area contributed by atoms with Crippen molar-refractivity contribution in [3.8, 4) is 5.75 Å². The number of phenols is 1. The maximum Gasteiger partial charge on any atom is 0.292 e. The van der Waals surface area contributed by atoms with Crippen molar-refractivity contribution >= 4 is 45.5 Å². The highest BCUT2D eigenvalue weighted by Gasteiger charge is 2.13. The lowest BCUT2D eigenvalue weighted by Gasteiger charge is -2.04. The van der Waals surface area contributed by atoms with Gasteiger partial charge in [-0.15, -0.1) is 0 Å². The van der Waals surface area contributed by atoms with Gasteiger partial charge in [-0.3, -0.25) is 9.48 Å². The lowest BCUT2D eigenvalue weighted by Crippen LogP contribution is -2.19. The van der Waals surface area contributed by atoms with Crippen LogP contribution in [0.3, 0.4) is 0 Å². The molecule has 0 unspecified atom stereocenters. The van der Waals surface area contributed by atoms with Crippen LogP contribution in [0.4, 0.5) is 0 Å². The molecule has 3 rings (SSSR count). The van der Waals surface area contributed by atoms with E-state index in [1.165, 1.54) is 6.21 Å². The number of aromatic nitrogens is 2. The van der Waals surface area contributed by atoms with E-state index in [1.54, 1.807) is 24.0 Å². The van der Waals surface area contributed by atoms with Crippen LogP contribution in [-0.4, -0.2) is 27.0 Å². The Labute approximate surface area is 146 Å². The van der Waals surface area contributed by atoms with Crippen molar-refractivity contribution in [3.05, 3.63) is 57.4 Å². The SMILES string of the molecule is Cn1cc(I)c(C(=O)N/N=C/c2c(O)ccc3ccccc23)n1. The fourth-order valence-electron chi connectivity index (χ4n) is 2.24. The Morgan fingerprint density at radius 2 is 2.13 bits per heavy atom. The molecule has 116 valence electrons. The maximum absolute atomic E-state index is 12.0. The summed E-state index contributed by atoms with van der Waals surface area (Å²) in [6.07, 6.45) is 3.18. The zero-order valence-electron chi connectivity index (χ0n) is 12.2. The van der Waals surface area contributed by atoms with Gasteiger partial charge in [0.1, 0.15) is 5.75 Å². The molecule has 3 aromatic rings. The second-order valence-electron chi connectivity index (χ2n) is 4.92. The molecule has 0 bridgehead atoms. The molecule has 1 heterocycles. The largest absolute Gasteiger partial charge is 0.507 e.